The van der Waals surface area contributed by atoms with Crippen molar-refractivity contribution in [3.8, 4) is 0 Å². The van der Waals surface area contributed by atoms with Crippen LogP contribution < -0.4 is 0 Å². The van der Waals surface area contributed by atoms with Gasteiger partial charge in [0.15, 0.2) is 5.78 Å². The third-order valence-electron chi connectivity index (χ3n) is 3.10. The highest BCUT2D eigenvalue weighted by molar-refractivity contribution is 9.10. The quantitative estimate of drug-likeness (QED) is 0.763. The number of Topliss-reactive ketones (excluding diaryl/α,β-unsaturated/α-hetero) is 1. The van der Waals surface area contributed by atoms with Gasteiger partial charge in [-0.25, -0.2) is 0 Å². The highest BCUT2D eigenvalue weighted by Gasteiger charge is 2.07. The van der Waals surface area contributed by atoms with E-state index in [4.69, 9.17) is 0 Å². The van der Waals surface area contributed by atoms with E-state index in [0.29, 0.717) is 6.42 Å². The van der Waals surface area contributed by atoms with Gasteiger partial charge in [0.25, 0.3) is 0 Å². The number of carbonyl (C=O) groups is 1. The molecule has 0 aliphatic carbocycles. The average molecular weight is 303 g/mol. The zero-order valence-corrected chi connectivity index (χ0v) is 12.1. The zero-order chi connectivity index (χ0) is 13.1. The topological polar surface area (TPSA) is 17.1 Å². The van der Waals surface area contributed by atoms with E-state index in [1.165, 1.54) is 11.1 Å². The number of ketones is 1. The van der Waals surface area contributed by atoms with Crippen LogP contribution in [0.4, 0.5) is 0 Å². The molecule has 0 atom stereocenters. The van der Waals surface area contributed by atoms with Gasteiger partial charge in [-0.15, -0.1) is 0 Å². The van der Waals surface area contributed by atoms with Gasteiger partial charge in [-0.2, -0.15) is 0 Å². The van der Waals surface area contributed by atoms with Crippen molar-refractivity contribution in [3.63, 3.8) is 0 Å². The predicted molar refractivity (Wildman–Crippen MR) is 78.1 cm³/mol. The van der Waals surface area contributed by atoms with E-state index in [2.05, 4.69) is 41.9 Å². The van der Waals surface area contributed by atoms with Gasteiger partial charge in [0.1, 0.15) is 0 Å². The second-order valence-corrected chi connectivity index (χ2v) is 5.44. The van der Waals surface area contributed by atoms with E-state index in [1.54, 1.807) is 0 Å². The smallest absolute Gasteiger partial charge is 0.167 e. The van der Waals surface area contributed by atoms with E-state index in [1.807, 2.05) is 30.3 Å². The summed E-state index contributed by atoms with van der Waals surface area (Å²) in [4.78, 5) is 12.1. The van der Waals surface area contributed by atoms with Gasteiger partial charge in [-0.3, -0.25) is 4.79 Å². The fraction of sp³-hybridized carbons (Fsp3) is 0.188. The van der Waals surface area contributed by atoms with Crippen molar-refractivity contribution in [2.45, 2.75) is 20.3 Å². The molecular weight excluding hydrogens is 288 g/mol. The Morgan fingerprint density at radius 2 is 1.67 bits per heavy atom. The van der Waals surface area contributed by atoms with E-state index in [9.17, 15) is 4.79 Å². The zero-order valence-electron chi connectivity index (χ0n) is 10.5. The molecule has 0 saturated carbocycles. The van der Waals surface area contributed by atoms with Crippen LogP contribution in [0.5, 0.6) is 0 Å². The lowest BCUT2D eigenvalue weighted by Crippen LogP contribution is -2.03. The molecule has 0 N–H and O–H groups in total. The molecule has 0 heterocycles. The number of carbonyl (C=O) groups excluding carboxylic acids is 1. The van der Waals surface area contributed by atoms with Crippen LogP contribution in [0.2, 0.25) is 0 Å². The summed E-state index contributed by atoms with van der Waals surface area (Å²) in [6, 6.07) is 13.7. The third kappa shape index (κ3) is 3.08. The van der Waals surface area contributed by atoms with Crippen LogP contribution in [0.1, 0.15) is 27.0 Å². The summed E-state index contributed by atoms with van der Waals surface area (Å²) in [6.45, 7) is 4.15. The van der Waals surface area contributed by atoms with Gasteiger partial charge in [-0.05, 0) is 42.7 Å². The molecule has 0 aliphatic rings. The van der Waals surface area contributed by atoms with Crippen LogP contribution in [0, 0.1) is 13.8 Å². The van der Waals surface area contributed by atoms with Crippen molar-refractivity contribution >= 4 is 21.7 Å². The lowest BCUT2D eigenvalue weighted by molar-refractivity contribution is 0.0993. The number of rotatable bonds is 3. The Labute approximate surface area is 116 Å². The summed E-state index contributed by atoms with van der Waals surface area (Å²) in [7, 11) is 0. The SMILES string of the molecule is Cc1ccc(CC(=O)c2ccc(Br)cc2)cc1C. The number of aryl methyl sites for hydroxylation is 2. The first kappa shape index (κ1) is 13.0. The Hall–Kier alpha value is -1.41. The molecule has 2 aromatic rings. The molecule has 2 heteroatoms. The Bertz CT molecular complexity index is 570. The molecule has 0 unspecified atom stereocenters. The van der Waals surface area contributed by atoms with Gasteiger partial charge >= 0.3 is 0 Å². The van der Waals surface area contributed by atoms with Crippen molar-refractivity contribution in [2.24, 2.45) is 0 Å². The van der Waals surface area contributed by atoms with Crippen molar-refractivity contribution in [1.82, 2.24) is 0 Å². The van der Waals surface area contributed by atoms with Gasteiger partial charge < -0.3 is 0 Å². The van der Waals surface area contributed by atoms with Crippen molar-refractivity contribution < 1.29 is 4.79 Å². The molecule has 2 rings (SSSR count). The van der Waals surface area contributed by atoms with E-state index < -0.39 is 0 Å². The normalized spacial score (nSPS) is 10.4. The Balaban J connectivity index is 2.16. The number of benzene rings is 2. The molecular formula is C16H15BrO. The molecule has 0 radical (unpaired) electrons. The fourth-order valence-corrected chi connectivity index (χ4v) is 2.10. The molecule has 0 amide bonds. The molecule has 0 aromatic heterocycles. The summed E-state index contributed by atoms with van der Waals surface area (Å²) in [5, 5.41) is 0. The first-order chi connectivity index (χ1) is 8.56. The maximum absolute atomic E-state index is 12.1. The van der Waals surface area contributed by atoms with Gasteiger partial charge in [-0.1, -0.05) is 46.3 Å². The monoisotopic (exact) mass is 302 g/mol. The summed E-state index contributed by atoms with van der Waals surface area (Å²) >= 11 is 3.37. The van der Waals surface area contributed by atoms with E-state index >= 15 is 0 Å². The standard InChI is InChI=1S/C16H15BrO/c1-11-3-4-13(9-12(11)2)10-16(18)14-5-7-15(17)8-6-14/h3-9H,10H2,1-2H3. The lowest BCUT2D eigenvalue weighted by atomic mass is 10.00. The maximum Gasteiger partial charge on any atom is 0.167 e. The Kier molecular flexibility index (Phi) is 3.97. The summed E-state index contributed by atoms with van der Waals surface area (Å²) in [5.41, 5.74) is 4.33. The van der Waals surface area contributed by atoms with Crippen LogP contribution in [0.25, 0.3) is 0 Å². The molecule has 0 fully saturated rings. The van der Waals surface area contributed by atoms with Crippen molar-refractivity contribution in [3.05, 3.63) is 69.2 Å². The van der Waals surface area contributed by atoms with Crippen LogP contribution in [0.15, 0.2) is 46.9 Å². The minimum Gasteiger partial charge on any atom is -0.294 e. The number of halogens is 1. The first-order valence-electron chi connectivity index (χ1n) is 5.91. The maximum atomic E-state index is 12.1. The Morgan fingerprint density at radius 1 is 1.00 bits per heavy atom. The number of hydrogen-bond donors (Lipinski definition) is 0. The molecule has 0 saturated heterocycles. The summed E-state index contributed by atoms with van der Waals surface area (Å²) in [5.74, 6) is 0.158. The molecule has 92 valence electrons. The Morgan fingerprint density at radius 3 is 2.28 bits per heavy atom. The van der Waals surface area contributed by atoms with Crippen LogP contribution in [-0.2, 0) is 6.42 Å². The van der Waals surface area contributed by atoms with E-state index in [0.717, 1.165) is 15.6 Å². The average Bonchev–Trinajstić information content (AvgIpc) is 2.34. The first-order valence-corrected chi connectivity index (χ1v) is 6.70. The second-order valence-electron chi connectivity index (χ2n) is 4.53. The molecule has 0 bridgehead atoms. The molecule has 1 nitrogen and oxygen atoms in total. The van der Waals surface area contributed by atoms with Gasteiger partial charge in [0.2, 0.25) is 0 Å². The lowest BCUT2D eigenvalue weighted by Gasteiger charge is -2.05. The molecule has 0 aliphatic heterocycles. The largest absolute Gasteiger partial charge is 0.294 e. The third-order valence-corrected chi connectivity index (χ3v) is 3.63. The van der Waals surface area contributed by atoms with Crippen molar-refractivity contribution in [1.29, 1.82) is 0 Å². The highest BCUT2D eigenvalue weighted by atomic mass is 79.9. The van der Waals surface area contributed by atoms with Crippen molar-refractivity contribution in [2.75, 3.05) is 0 Å². The molecule has 18 heavy (non-hydrogen) atoms. The van der Waals surface area contributed by atoms with Crippen LogP contribution in [-0.4, -0.2) is 5.78 Å². The fourth-order valence-electron chi connectivity index (χ4n) is 1.84. The highest BCUT2D eigenvalue weighted by Crippen LogP contribution is 2.15. The minimum atomic E-state index is 0.158. The molecule has 2 aromatic carbocycles. The second kappa shape index (κ2) is 5.49. The van der Waals surface area contributed by atoms with Gasteiger partial charge in [0.05, 0.1) is 0 Å². The summed E-state index contributed by atoms with van der Waals surface area (Å²) < 4.78 is 0.991. The summed E-state index contributed by atoms with van der Waals surface area (Å²) in [6.07, 6.45) is 0.461. The number of hydrogen-bond acceptors (Lipinski definition) is 1. The predicted octanol–water partition coefficient (Wildman–Crippen LogP) is 4.49. The van der Waals surface area contributed by atoms with Gasteiger partial charge in [0, 0.05) is 16.5 Å². The molecule has 0 spiro atoms. The van der Waals surface area contributed by atoms with E-state index in [-0.39, 0.29) is 5.78 Å². The van der Waals surface area contributed by atoms with Crippen LogP contribution >= 0.6 is 15.9 Å². The van der Waals surface area contributed by atoms with Crippen LogP contribution in [0.3, 0.4) is 0 Å². The minimum absolute atomic E-state index is 0.158.